The summed E-state index contributed by atoms with van der Waals surface area (Å²) in [6.45, 7) is 2.02. The Morgan fingerprint density at radius 2 is 2.14 bits per heavy atom. The maximum Gasteiger partial charge on any atom is 0.329 e. The maximum absolute atomic E-state index is 12.6. The molecule has 5 nitrogen and oxygen atoms in total. The van der Waals surface area contributed by atoms with Crippen LogP contribution in [-0.4, -0.2) is 34.0 Å². The molecule has 6 heteroatoms. The van der Waals surface area contributed by atoms with Crippen molar-refractivity contribution in [3.05, 3.63) is 34.5 Å². The molecule has 0 radical (unpaired) electrons. The van der Waals surface area contributed by atoms with E-state index in [1.807, 2.05) is 12.1 Å². The van der Waals surface area contributed by atoms with Crippen molar-refractivity contribution in [3.8, 4) is 0 Å². The van der Waals surface area contributed by atoms with Crippen LogP contribution in [0.5, 0.6) is 0 Å². The molecule has 2 heterocycles. The van der Waals surface area contributed by atoms with Gasteiger partial charge in [-0.25, -0.2) is 4.79 Å². The molecular formula is C15H14BrNO4. The predicted octanol–water partition coefficient (Wildman–Crippen LogP) is 3.27. The van der Waals surface area contributed by atoms with Gasteiger partial charge < -0.3 is 14.4 Å². The molecular weight excluding hydrogens is 338 g/mol. The van der Waals surface area contributed by atoms with E-state index in [0.717, 1.165) is 9.86 Å². The van der Waals surface area contributed by atoms with Crippen LogP contribution in [-0.2, 0) is 4.79 Å². The second kappa shape index (κ2) is 4.87. The Morgan fingerprint density at radius 1 is 1.38 bits per heavy atom. The predicted molar refractivity (Wildman–Crippen MR) is 80.2 cm³/mol. The van der Waals surface area contributed by atoms with Crippen LogP contribution in [0, 0.1) is 0 Å². The molecule has 1 unspecified atom stereocenters. The van der Waals surface area contributed by atoms with E-state index in [9.17, 15) is 14.7 Å². The lowest BCUT2D eigenvalue weighted by Gasteiger charge is -2.30. The van der Waals surface area contributed by atoms with E-state index in [1.54, 1.807) is 19.1 Å². The second-order valence-electron chi connectivity index (χ2n) is 5.43. The minimum atomic E-state index is -1.16. The molecule has 1 atom stereocenters. The van der Waals surface area contributed by atoms with E-state index in [2.05, 4.69) is 15.9 Å². The quantitative estimate of drug-likeness (QED) is 0.901. The normalized spacial score (nSPS) is 21.9. The fourth-order valence-corrected chi connectivity index (χ4v) is 3.14. The standard InChI is InChI=1S/C15H14BrNO4/c1-15(14(19)20)5-2-6-17(15)13(18)12-8-9-7-10(16)3-4-11(9)21-12/h3-4,7-8H,2,5-6H2,1H3,(H,19,20). The highest BCUT2D eigenvalue weighted by Gasteiger charge is 2.46. The topological polar surface area (TPSA) is 70.8 Å². The first kappa shape index (κ1) is 14.1. The van der Waals surface area contributed by atoms with E-state index >= 15 is 0 Å². The minimum absolute atomic E-state index is 0.178. The fourth-order valence-electron chi connectivity index (χ4n) is 2.76. The number of nitrogens with zero attached hydrogens (tertiary/aromatic N) is 1. The SMILES string of the molecule is CC1(C(=O)O)CCCN1C(=O)c1cc2cc(Br)ccc2o1. The largest absolute Gasteiger partial charge is 0.480 e. The lowest BCUT2D eigenvalue weighted by Crippen LogP contribution is -2.50. The molecule has 2 aromatic rings. The van der Waals surface area contributed by atoms with Gasteiger partial charge in [-0.3, -0.25) is 4.79 Å². The summed E-state index contributed by atoms with van der Waals surface area (Å²) in [4.78, 5) is 25.4. The highest BCUT2D eigenvalue weighted by molar-refractivity contribution is 9.10. The number of carboxylic acid groups (broad SMARTS) is 1. The van der Waals surface area contributed by atoms with Gasteiger partial charge in [0.25, 0.3) is 5.91 Å². The Morgan fingerprint density at radius 3 is 2.86 bits per heavy atom. The van der Waals surface area contributed by atoms with Crippen molar-refractivity contribution < 1.29 is 19.1 Å². The van der Waals surface area contributed by atoms with Gasteiger partial charge in [-0.1, -0.05) is 15.9 Å². The Labute approximate surface area is 129 Å². The number of halogens is 1. The van der Waals surface area contributed by atoms with Gasteiger partial charge in [-0.15, -0.1) is 0 Å². The third-order valence-electron chi connectivity index (χ3n) is 4.04. The smallest absolute Gasteiger partial charge is 0.329 e. The summed E-state index contributed by atoms with van der Waals surface area (Å²) in [5.74, 6) is -1.17. The Bertz CT molecular complexity index is 738. The number of likely N-dealkylation sites (tertiary alicyclic amines) is 1. The molecule has 1 fully saturated rings. The first-order chi connectivity index (χ1) is 9.91. The summed E-state index contributed by atoms with van der Waals surface area (Å²) in [6, 6.07) is 7.12. The van der Waals surface area contributed by atoms with E-state index in [4.69, 9.17) is 4.42 Å². The van der Waals surface area contributed by atoms with Gasteiger partial charge in [0.1, 0.15) is 11.1 Å². The van der Waals surface area contributed by atoms with Crippen LogP contribution in [0.25, 0.3) is 11.0 Å². The summed E-state index contributed by atoms with van der Waals surface area (Å²) in [5, 5.41) is 10.2. The number of carbonyl (C=O) groups is 2. The van der Waals surface area contributed by atoms with E-state index in [-0.39, 0.29) is 11.7 Å². The van der Waals surface area contributed by atoms with E-state index < -0.39 is 11.5 Å². The molecule has 1 aliphatic heterocycles. The number of amides is 1. The van der Waals surface area contributed by atoms with Gasteiger partial charge in [0.05, 0.1) is 0 Å². The zero-order valence-corrected chi connectivity index (χ0v) is 13.0. The van der Waals surface area contributed by atoms with Gasteiger partial charge in [-0.2, -0.15) is 0 Å². The lowest BCUT2D eigenvalue weighted by atomic mass is 9.99. The number of aliphatic carboxylic acids is 1. The van der Waals surface area contributed by atoms with Crippen molar-refractivity contribution in [1.29, 1.82) is 0 Å². The molecule has 0 saturated carbocycles. The van der Waals surface area contributed by atoms with Crippen LogP contribution in [0.15, 0.2) is 33.2 Å². The molecule has 0 aliphatic carbocycles. The van der Waals surface area contributed by atoms with Gasteiger partial charge >= 0.3 is 5.97 Å². The highest BCUT2D eigenvalue weighted by Crippen LogP contribution is 2.32. The first-order valence-electron chi connectivity index (χ1n) is 6.66. The number of hydrogen-bond donors (Lipinski definition) is 1. The van der Waals surface area contributed by atoms with Crippen LogP contribution in [0.4, 0.5) is 0 Å². The highest BCUT2D eigenvalue weighted by atomic mass is 79.9. The number of hydrogen-bond acceptors (Lipinski definition) is 3. The number of rotatable bonds is 2. The third-order valence-corrected chi connectivity index (χ3v) is 4.53. The average molecular weight is 352 g/mol. The van der Waals surface area contributed by atoms with Crippen LogP contribution in [0.1, 0.15) is 30.3 Å². The van der Waals surface area contributed by atoms with Crippen LogP contribution < -0.4 is 0 Å². The summed E-state index contributed by atoms with van der Waals surface area (Å²) in [5.41, 5.74) is -0.547. The molecule has 21 heavy (non-hydrogen) atoms. The zero-order chi connectivity index (χ0) is 15.2. The monoisotopic (exact) mass is 351 g/mol. The van der Waals surface area contributed by atoms with Crippen molar-refractivity contribution in [2.45, 2.75) is 25.3 Å². The summed E-state index contributed by atoms with van der Waals surface area (Å²) in [7, 11) is 0. The summed E-state index contributed by atoms with van der Waals surface area (Å²) < 4.78 is 6.46. The minimum Gasteiger partial charge on any atom is -0.480 e. The fraction of sp³-hybridized carbons (Fsp3) is 0.333. The Hall–Kier alpha value is -1.82. The number of carboxylic acids is 1. The van der Waals surface area contributed by atoms with Gasteiger partial charge in [0.15, 0.2) is 5.76 Å². The van der Waals surface area contributed by atoms with Gasteiger partial charge in [0, 0.05) is 16.4 Å². The number of benzene rings is 1. The Kier molecular flexibility index (Phi) is 3.28. The molecule has 1 saturated heterocycles. The van der Waals surface area contributed by atoms with Gasteiger partial charge in [-0.05, 0) is 44.0 Å². The molecule has 1 aliphatic rings. The Balaban J connectivity index is 1.98. The third kappa shape index (κ3) is 2.23. The van der Waals surface area contributed by atoms with Crippen molar-refractivity contribution in [1.82, 2.24) is 4.90 Å². The second-order valence-corrected chi connectivity index (χ2v) is 6.35. The number of furan rings is 1. The molecule has 1 aromatic carbocycles. The van der Waals surface area contributed by atoms with Crippen molar-refractivity contribution in [2.24, 2.45) is 0 Å². The lowest BCUT2D eigenvalue weighted by molar-refractivity contribution is -0.147. The van der Waals surface area contributed by atoms with Crippen LogP contribution in [0.2, 0.25) is 0 Å². The summed E-state index contributed by atoms with van der Waals surface area (Å²) >= 11 is 3.37. The molecule has 110 valence electrons. The molecule has 1 aromatic heterocycles. The molecule has 0 bridgehead atoms. The van der Waals surface area contributed by atoms with Crippen molar-refractivity contribution >= 4 is 38.8 Å². The van der Waals surface area contributed by atoms with Gasteiger partial charge in [0.2, 0.25) is 0 Å². The van der Waals surface area contributed by atoms with E-state index in [1.165, 1.54) is 4.90 Å². The average Bonchev–Trinajstić information content (AvgIpc) is 3.01. The van der Waals surface area contributed by atoms with Crippen LogP contribution in [0.3, 0.4) is 0 Å². The maximum atomic E-state index is 12.6. The zero-order valence-electron chi connectivity index (χ0n) is 11.4. The number of carbonyl (C=O) groups excluding carboxylic acids is 1. The summed E-state index contributed by atoms with van der Waals surface area (Å²) in [6.07, 6.45) is 1.14. The van der Waals surface area contributed by atoms with Crippen molar-refractivity contribution in [2.75, 3.05) is 6.54 Å². The molecule has 0 spiro atoms. The molecule has 1 amide bonds. The first-order valence-corrected chi connectivity index (χ1v) is 7.45. The number of fused-ring (bicyclic) bond motifs is 1. The molecule has 1 N–H and O–H groups in total. The van der Waals surface area contributed by atoms with E-state index in [0.29, 0.717) is 25.0 Å². The molecule has 3 rings (SSSR count). The van der Waals surface area contributed by atoms with Crippen LogP contribution >= 0.6 is 15.9 Å². The van der Waals surface area contributed by atoms with Crippen molar-refractivity contribution in [3.63, 3.8) is 0 Å².